The summed E-state index contributed by atoms with van der Waals surface area (Å²) in [7, 11) is 3.19. The SMILES string of the molecule is CC1=C[NH+]=C2C(C(=O)N(C)C(=O)N2C)C1=NCCC(c1ccccc1)c1ccccc1. The molecule has 1 fully saturated rings. The van der Waals surface area contributed by atoms with E-state index in [0.29, 0.717) is 12.4 Å². The van der Waals surface area contributed by atoms with Crippen molar-refractivity contribution in [3.05, 3.63) is 83.6 Å². The molecule has 2 aromatic carbocycles. The largest absolute Gasteiger partial charge is 0.417 e. The second kappa shape index (κ2) is 8.68. The molecule has 0 saturated carbocycles. The minimum Gasteiger partial charge on any atom is -0.288 e. The summed E-state index contributed by atoms with van der Waals surface area (Å²) in [4.78, 5) is 35.9. The lowest BCUT2D eigenvalue weighted by Gasteiger charge is -2.32. The van der Waals surface area contributed by atoms with E-state index < -0.39 is 5.92 Å². The van der Waals surface area contributed by atoms with Crippen LogP contribution in [0.15, 0.2) is 77.4 Å². The highest BCUT2D eigenvalue weighted by Crippen LogP contribution is 2.28. The van der Waals surface area contributed by atoms with Crippen molar-refractivity contribution in [2.45, 2.75) is 19.3 Å². The molecule has 2 heterocycles. The van der Waals surface area contributed by atoms with E-state index >= 15 is 0 Å². The number of hydrogen-bond acceptors (Lipinski definition) is 3. The minimum atomic E-state index is -0.579. The number of benzene rings is 2. The summed E-state index contributed by atoms with van der Waals surface area (Å²) in [5, 5.41) is 0. The van der Waals surface area contributed by atoms with E-state index in [0.717, 1.165) is 17.7 Å². The number of nitrogens with zero attached hydrogens (tertiary/aromatic N) is 3. The Morgan fingerprint density at radius 3 is 2.10 bits per heavy atom. The molecule has 6 nitrogen and oxygen atoms in total. The van der Waals surface area contributed by atoms with Crippen LogP contribution in [0.4, 0.5) is 4.79 Å². The number of amides is 3. The summed E-state index contributed by atoms with van der Waals surface area (Å²) in [6.07, 6.45) is 2.64. The molecule has 1 N–H and O–H groups in total. The number of carbonyl (C=O) groups is 2. The summed E-state index contributed by atoms with van der Waals surface area (Å²) in [6.45, 7) is 2.52. The van der Waals surface area contributed by atoms with Gasteiger partial charge < -0.3 is 0 Å². The van der Waals surface area contributed by atoms with Crippen LogP contribution in [0.2, 0.25) is 0 Å². The molecule has 31 heavy (non-hydrogen) atoms. The highest BCUT2D eigenvalue weighted by Gasteiger charge is 2.50. The number of allylic oxidation sites excluding steroid dienone is 1. The van der Waals surface area contributed by atoms with Gasteiger partial charge >= 0.3 is 6.03 Å². The molecular weight excluding hydrogens is 388 g/mol. The molecule has 2 aliphatic rings. The van der Waals surface area contributed by atoms with Crippen molar-refractivity contribution in [2.75, 3.05) is 20.6 Å². The number of aliphatic imine (C=N–C) groups is 1. The first kappa shape index (κ1) is 20.7. The summed E-state index contributed by atoms with van der Waals surface area (Å²) in [5.41, 5.74) is 4.13. The fraction of sp³-hybridized carbons (Fsp3) is 0.280. The molecule has 1 unspecified atom stereocenters. The van der Waals surface area contributed by atoms with Gasteiger partial charge in [-0.25, -0.2) is 14.7 Å². The van der Waals surface area contributed by atoms with Gasteiger partial charge in [0.25, 0.3) is 11.7 Å². The van der Waals surface area contributed by atoms with Crippen LogP contribution in [0.1, 0.15) is 30.4 Å². The van der Waals surface area contributed by atoms with E-state index in [1.54, 1.807) is 7.05 Å². The molecule has 0 bridgehead atoms. The van der Waals surface area contributed by atoms with E-state index in [4.69, 9.17) is 4.99 Å². The van der Waals surface area contributed by atoms with Crippen molar-refractivity contribution in [1.82, 2.24) is 9.80 Å². The van der Waals surface area contributed by atoms with Gasteiger partial charge in [-0.05, 0) is 24.5 Å². The van der Waals surface area contributed by atoms with Crippen LogP contribution in [0.3, 0.4) is 0 Å². The van der Waals surface area contributed by atoms with Gasteiger partial charge in [0, 0.05) is 25.1 Å². The lowest BCUT2D eigenvalue weighted by atomic mass is 9.88. The van der Waals surface area contributed by atoms with Crippen molar-refractivity contribution in [3.8, 4) is 0 Å². The first-order valence-corrected chi connectivity index (χ1v) is 10.5. The third-order valence-corrected chi connectivity index (χ3v) is 6.00. The quantitative estimate of drug-likeness (QED) is 0.814. The third-order valence-electron chi connectivity index (χ3n) is 6.00. The number of hydrogen-bond donors (Lipinski definition) is 1. The van der Waals surface area contributed by atoms with Crippen LogP contribution >= 0.6 is 0 Å². The monoisotopic (exact) mass is 415 g/mol. The van der Waals surface area contributed by atoms with Crippen molar-refractivity contribution >= 4 is 23.5 Å². The van der Waals surface area contributed by atoms with Gasteiger partial charge in [0.05, 0.1) is 19.0 Å². The first-order valence-electron chi connectivity index (χ1n) is 10.5. The number of nitrogens with one attached hydrogen (secondary N) is 1. The number of carbonyl (C=O) groups excluding carboxylic acids is 2. The molecule has 4 rings (SSSR count). The van der Waals surface area contributed by atoms with Gasteiger partial charge in [-0.3, -0.25) is 9.79 Å². The third kappa shape index (κ3) is 3.93. The van der Waals surface area contributed by atoms with Gasteiger partial charge in [-0.1, -0.05) is 60.7 Å². The van der Waals surface area contributed by atoms with Crippen LogP contribution in [0, 0.1) is 5.92 Å². The number of imide groups is 1. The maximum absolute atomic E-state index is 12.9. The van der Waals surface area contributed by atoms with Gasteiger partial charge in [-0.2, -0.15) is 4.90 Å². The smallest absolute Gasteiger partial charge is 0.288 e. The Bertz CT molecular complexity index is 1030. The summed E-state index contributed by atoms with van der Waals surface area (Å²) < 4.78 is 0. The van der Waals surface area contributed by atoms with Gasteiger partial charge in [0.1, 0.15) is 0 Å². The van der Waals surface area contributed by atoms with Crippen LogP contribution in [0.25, 0.3) is 0 Å². The Labute approximate surface area is 182 Å². The molecule has 1 saturated heterocycles. The highest BCUT2D eigenvalue weighted by atomic mass is 16.2. The van der Waals surface area contributed by atoms with Gasteiger partial charge in [0.2, 0.25) is 0 Å². The van der Waals surface area contributed by atoms with E-state index in [9.17, 15) is 9.59 Å². The van der Waals surface area contributed by atoms with E-state index in [1.165, 1.54) is 28.0 Å². The molecule has 0 aromatic heterocycles. The highest BCUT2D eigenvalue weighted by molar-refractivity contribution is 6.31. The number of rotatable bonds is 5. The zero-order valence-electron chi connectivity index (χ0n) is 18.1. The molecule has 2 aromatic rings. The predicted molar refractivity (Wildman–Crippen MR) is 121 cm³/mol. The number of amidine groups is 1. The van der Waals surface area contributed by atoms with Crippen LogP contribution in [-0.4, -0.2) is 53.9 Å². The van der Waals surface area contributed by atoms with E-state index in [-0.39, 0.29) is 17.9 Å². The minimum absolute atomic E-state index is 0.218. The Kier molecular flexibility index (Phi) is 5.80. The summed E-state index contributed by atoms with van der Waals surface area (Å²) in [5.74, 6) is -0.0422. The van der Waals surface area contributed by atoms with Crippen LogP contribution in [0.5, 0.6) is 0 Å². The fourth-order valence-corrected chi connectivity index (χ4v) is 4.26. The van der Waals surface area contributed by atoms with E-state index in [2.05, 4.69) is 53.5 Å². The van der Waals surface area contributed by atoms with Crippen molar-refractivity contribution in [3.63, 3.8) is 0 Å². The lowest BCUT2D eigenvalue weighted by molar-refractivity contribution is -0.383. The molecule has 3 amide bonds. The van der Waals surface area contributed by atoms with Crippen LogP contribution in [-0.2, 0) is 4.79 Å². The lowest BCUT2D eigenvalue weighted by Crippen LogP contribution is -2.80. The molecule has 0 spiro atoms. The maximum atomic E-state index is 12.9. The van der Waals surface area contributed by atoms with Crippen molar-refractivity contribution in [2.24, 2.45) is 10.9 Å². The zero-order valence-corrected chi connectivity index (χ0v) is 18.1. The normalized spacial score (nSPS) is 20.1. The zero-order chi connectivity index (χ0) is 22.0. The second-order valence-electron chi connectivity index (χ2n) is 7.96. The Hall–Kier alpha value is -3.54. The summed E-state index contributed by atoms with van der Waals surface area (Å²) >= 11 is 0. The molecule has 0 aliphatic carbocycles. The average Bonchev–Trinajstić information content (AvgIpc) is 2.81. The maximum Gasteiger partial charge on any atom is 0.417 e. The predicted octanol–water partition coefficient (Wildman–Crippen LogP) is 2.19. The average molecular weight is 416 g/mol. The number of urea groups is 1. The Morgan fingerprint density at radius 1 is 0.935 bits per heavy atom. The molecule has 2 aliphatic heterocycles. The molecule has 158 valence electrons. The van der Waals surface area contributed by atoms with Crippen molar-refractivity contribution < 1.29 is 14.6 Å². The van der Waals surface area contributed by atoms with Gasteiger partial charge in [0.15, 0.2) is 5.92 Å². The van der Waals surface area contributed by atoms with Crippen LogP contribution < -0.4 is 4.99 Å². The molecule has 6 heteroatoms. The number of fused-ring (bicyclic) bond motifs is 1. The molecule has 0 radical (unpaired) electrons. The summed E-state index contributed by atoms with van der Waals surface area (Å²) in [6, 6.07) is 20.5. The standard InChI is InChI=1S/C25H26N4O2/c1-17-16-27-23-21(24(30)29(3)25(31)28(23)2)22(17)26-15-14-20(18-10-6-4-7-11-18)19-12-8-5-9-13-19/h4-13,16,20-21H,14-15H2,1-3H3/p+1. The first-order chi connectivity index (χ1) is 15.0. The molecule has 1 atom stereocenters. The Balaban J connectivity index is 1.61. The van der Waals surface area contributed by atoms with Gasteiger partial charge in [-0.15, -0.1) is 0 Å². The van der Waals surface area contributed by atoms with E-state index in [1.807, 2.05) is 25.3 Å². The fourth-order valence-electron chi connectivity index (χ4n) is 4.26. The topological polar surface area (TPSA) is 67.0 Å². The molecular formula is C25H27N4O2+. The second-order valence-corrected chi connectivity index (χ2v) is 7.96. The van der Waals surface area contributed by atoms with Crippen molar-refractivity contribution in [1.29, 1.82) is 0 Å². The Morgan fingerprint density at radius 2 is 1.52 bits per heavy atom.